The van der Waals surface area contributed by atoms with Crippen molar-refractivity contribution in [1.82, 2.24) is 10.2 Å². The molecule has 0 spiro atoms. The highest BCUT2D eigenvalue weighted by atomic mass is 35.5. The molecule has 20 heavy (non-hydrogen) atoms. The second kappa shape index (κ2) is 8.95. The zero-order chi connectivity index (χ0) is 13.5. The van der Waals surface area contributed by atoms with Crippen LogP contribution in [0.5, 0.6) is 0 Å². The Kier molecular flexibility index (Phi) is 7.59. The Balaban J connectivity index is 0.00000200. The number of nitrogens with one attached hydrogen (secondary N) is 1. The molecule has 0 aromatic heterocycles. The van der Waals surface area contributed by atoms with Gasteiger partial charge in [0, 0.05) is 25.2 Å². The summed E-state index contributed by atoms with van der Waals surface area (Å²) >= 11 is 0. The van der Waals surface area contributed by atoms with Crippen LogP contribution in [0.3, 0.4) is 0 Å². The Bertz CT molecular complexity index is 402. The molecule has 0 bridgehead atoms. The van der Waals surface area contributed by atoms with Crippen molar-refractivity contribution < 1.29 is 4.79 Å². The second-order valence-electron chi connectivity index (χ2n) is 5.06. The predicted octanol–water partition coefficient (Wildman–Crippen LogP) is 1.78. The number of amides is 1. The molecule has 0 aliphatic carbocycles. The molecule has 1 fully saturated rings. The van der Waals surface area contributed by atoms with Crippen LogP contribution in [0.15, 0.2) is 24.3 Å². The maximum absolute atomic E-state index is 11.9. The number of piperidine rings is 1. The molecular weight excluding hydrogens is 274 g/mol. The van der Waals surface area contributed by atoms with Gasteiger partial charge in [-0.2, -0.15) is 0 Å². The van der Waals surface area contributed by atoms with Crippen LogP contribution in [0.2, 0.25) is 0 Å². The monoisotopic (exact) mass is 297 g/mol. The number of rotatable bonds is 5. The maximum Gasteiger partial charge on any atom is 0.251 e. The Labute approximate surface area is 127 Å². The summed E-state index contributed by atoms with van der Waals surface area (Å²) in [5.74, 6) is 0.000538. The lowest BCUT2D eigenvalue weighted by molar-refractivity contribution is 0.0946. The number of halogens is 1. The lowest BCUT2D eigenvalue weighted by Gasteiger charge is -2.26. The minimum atomic E-state index is 0. The van der Waals surface area contributed by atoms with E-state index in [1.165, 1.54) is 32.4 Å². The van der Waals surface area contributed by atoms with Gasteiger partial charge in [-0.25, -0.2) is 0 Å². The van der Waals surface area contributed by atoms with Crippen molar-refractivity contribution in [2.45, 2.75) is 25.8 Å². The fraction of sp³-hybridized carbons (Fsp3) is 0.533. The molecule has 112 valence electrons. The first-order valence-electron chi connectivity index (χ1n) is 7.09. The molecule has 0 unspecified atom stereocenters. The van der Waals surface area contributed by atoms with Gasteiger partial charge < -0.3 is 16.0 Å². The quantitative estimate of drug-likeness (QED) is 0.871. The third-order valence-electron chi connectivity index (χ3n) is 3.61. The summed E-state index contributed by atoms with van der Waals surface area (Å²) in [7, 11) is 0. The van der Waals surface area contributed by atoms with E-state index >= 15 is 0 Å². The molecule has 0 atom stereocenters. The first kappa shape index (κ1) is 17.0. The van der Waals surface area contributed by atoms with Gasteiger partial charge in [0.05, 0.1) is 0 Å². The molecule has 0 saturated carbocycles. The molecule has 1 aromatic carbocycles. The smallest absolute Gasteiger partial charge is 0.251 e. The first-order valence-corrected chi connectivity index (χ1v) is 7.09. The number of carbonyl (C=O) groups excluding carboxylic acids is 1. The third-order valence-corrected chi connectivity index (χ3v) is 3.61. The predicted molar refractivity (Wildman–Crippen MR) is 84.2 cm³/mol. The lowest BCUT2D eigenvalue weighted by Crippen LogP contribution is -2.37. The van der Waals surface area contributed by atoms with Crippen LogP contribution in [-0.2, 0) is 6.54 Å². The Morgan fingerprint density at radius 3 is 2.40 bits per heavy atom. The third kappa shape index (κ3) is 5.12. The van der Waals surface area contributed by atoms with Gasteiger partial charge >= 0.3 is 0 Å². The van der Waals surface area contributed by atoms with Gasteiger partial charge in [-0.3, -0.25) is 4.79 Å². The SMILES string of the molecule is Cl.NCc1ccc(C(=O)NCCN2CCCCC2)cc1. The molecule has 5 heteroatoms. The largest absolute Gasteiger partial charge is 0.351 e. The van der Waals surface area contributed by atoms with Crippen molar-refractivity contribution in [1.29, 1.82) is 0 Å². The molecule has 1 saturated heterocycles. The second-order valence-corrected chi connectivity index (χ2v) is 5.06. The van der Waals surface area contributed by atoms with E-state index in [-0.39, 0.29) is 18.3 Å². The van der Waals surface area contributed by atoms with Crippen LogP contribution in [0.4, 0.5) is 0 Å². The van der Waals surface area contributed by atoms with Crippen molar-refractivity contribution in [3.8, 4) is 0 Å². The Morgan fingerprint density at radius 2 is 1.80 bits per heavy atom. The van der Waals surface area contributed by atoms with Gasteiger partial charge in [0.25, 0.3) is 5.91 Å². The lowest BCUT2D eigenvalue weighted by atomic mass is 10.1. The molecule has 4 nitrogen and oxygen atoms in total. The van der Waals surface area contributed by atoms with Crippen LogP contribution in [0.1, 0.15) is 35.2 Å². The van der Waals surface area contributed by atoms with Gasteiger partial charge in [0.15, 0.2) is 0 Å². The van der Waals surface area contributed by atoms with Crippen molar-refractivity contribution in [2.24, 2.45) is 5.73 Å². The van der Waals surface area contributed by atoms with Crippen molar-refractivity contribution in [3.05, 3.63) is 35.4 Å². The van der Waals surface area contributed by atoms with Crippen molar-refractivity contribution in [2.75, 3.05) is 26.2 Å². The van der Waals surface area contributed by atoms with Crippen LogP contribution in [0.25, 0.3) is 0 Å². The fourth-order valence-electron chi connectivity index (χ4n) is 2.40. The van der Waals surface area contributed by atoms with Crippen LogP contribution < -0.4 is 11.1 Å². The molecule has 0 radical (unpaired) electrons. The standard InChI is InChI=1S/C15H23N3O.ClH/c16-12-13-4-6-14(7-5-13)15(19)17-8-11-18-9-2-1-3-10-18;/h4-7H,1-3,8-12,16H2,(H,17,19);1H. The van der Waals surface area contributed by atoms with Gasteiger partial charge in [0.2, 0.25) is 0 Å². The number of likely N-dealkylation sites (tertiary alicyclic amines) is 1. The van der Waals surface area contributed by atoms with Gasteiger partial charge in [-0.15, -0.1) is 12.4 Å². The van der Waals surface area contributed by atoms with E-state index in [9.17, 15) is 4.79 Å². The number of carbonyl (C=O) groups is 1. The average Bonchev–Trinajstić information content (AvgIpc) is 2.48. The number of hydrogen-bond acceptors (Lipinski definition) is 3. The molecule has 1 aliphatic rings. The highest BCUT2D eigenvalue weighted by Crippen LogP contribution is 2.07. The van der Waals surface area contributed by atoms with Gasteiger partial charge in [0.1, 0.15) is 0 Å². The van der Waals surface area contributed by atoms with Crippen molar-refractivity contribution >= 4 is 18.3 Å². The van der Waals surface area contributed by atoms with Crippen LogP contribution in [-0.4, -0.2) is 37.0 Å². The molecule has 1 aromatic rings. The molecule has 1 amide bonds. The summed E-state index contributed by atoms with van der Waals surface area (Å²) in [4.78, 5) is 14.3. The number of nitrogens with two attached hydrogens (primary N) is 1. The topological polar surface area (TPSA) is 58.4 Å². The summed E-state index contributed by atoms with van der Waals surface area (Å²) in [6.07, 6.45) is 3.92. The molecule has 2 rings (SSSR count). The minimum Gasteiger partial charge on any atom is -0.351 e. The first-order chi connectivity index (χ1) is 9.29. The van der Waals surface area contributed by atoms with Crippen LogP contribution >= 0.6 is 12.4 Å². The van der Waals surface area contributed by atoms with E-state index in [2.05, 4.69) is 10.2 Å². The van der Waals surface area contributed by atoms with E-state index < -0.39 is 0 Å². The molecular formula is C15H24ClN3O. The zero-order valence-corrected chi connectivity index (χ0v) is 12.6. The van der Waals surface area contributed by atoms with E-state index in [0.717, 1.165) is 18.7 Å². The van der Waals surface area contributed by atoms with Gasteiger partial charge in [-0.1, -0.05) is 18.6 Å². The number of hydrogen-bond donors (Lipinski definition) is 2. The molecule has 3 N–H and O–H groups in total. The highest BCUT2D eigenvalue weighted by molar-refractivity contribution is 5.94. The van der Waals surface area contributed by atoms with E-state index in [1.54, 1.807) is 0 Å². The van der Waals surface area contributed by atoms with Gasteiger partial charge in [-0.05, 0) is 43.6 Å². The van der Waals surface area contributed by atoms with Crippen LogP contribution in [0, 0.1) is 0 Å². The highest BCUT2D eigenvalue weighted by Gasteiger charge is 2.10. The molecule has 1 heterocycles. The summed E-state index contributed by atoms with van der Waals surface area (Å²) in [6.45, 7) is 4.52. The number of benzene rings is 1. The Hall–Kier alpha value is -1.10. The fourth-order valence-corrected chi connectivity index (χ4v) is 2.40. The summed E-state index contributed by atoms with van der Waals surface area (Å²) in [6, 6.07) is 7.47. The van der Waals surface area contributed by atoms with E-state index in [4.69, 9.17) is 5.73 Å². The normalized spacial score (nSPS) is 15.4. The molecule has 1 aliphatic heterocycles. The summed E-state index contributed by atoms with van der Waals surface area (Å²) < 4.78 is 0. The van der Waals surface area contributed by atoms with Crippen molar-refractivity contribution in [3.63, 3.8) is 0 Å². The average molecular weight is 298 g/mol. The Morgan fingerprint density at radius 1 is 1.15 bits per heavy atom. The number of nitrogens with zero attached hydrogens (tertiary/aromatic N) is 1. The van der Waals surface area contributed by atoms with E-state index in [0.29, 0.717) is 12.1 Å². The minimum absolute atomic E-state index is 0. The summed E-state index contributed by atoms with van der Waals surface area (Å²) in [5.41, 5.74) is 7.28. The maximum atomic E-state index is 11.9. The zero-order valence-electron chi connectivity index (χ0n) is 11.8. The van der Waals surface area contributed by atoms with E-state index in [1.807, 2.05) is 24.3 Å². The summed E-state index contributed by atoms with van der Waals surface area (Å²) in [5, 5.41) is 2.97.